The highest BCUT2D eigenvalue weighted by Gasteiger charge is 2.18. The Balaban J connectivity index is 2.10. The molecule has 2 rings (SSSR count). The number of hydrogen-bond donors (Lipinski definition) is 1. The van der Waals surface area contributed by atoms with Crippen LogP contribution in [-0.2, 0) is 11.2 Å². The molecule has 4 heteroatoms. The summed E-state index contributed by atoms with van der Waals surface area (Å²) in [5, 5.41) is 0. The van der Waals surface area contributed by atoms with Crippen molar-refractivity contribution in [2.75, 3.05) is 6.61 Å². The molecule has 0 saturated heterocycles. The van der Waals surface area contributed by atoms with E-state index in [0.29, 0.717) is 25.6 Å². The maximum Gasteiger partial charge on any atom is 0.217 e. The number of amides is 1. The molecule has 0 aliphatic heterocycles. The van der Waals surface area contributed by atoms with Crippen LogP contribution in [0.15, 0.2) is 18.2 Å². The summed E-state index contributed by atoms with van der Waals surface area (Å²) >= 11 is 0. The van der Waals surface area contributed by atoms with E-state index in [-0.39, 0.29) is 5.91 Å². The van der Waals surface area contributed by atoms with E-state index in [1.54, 1.807) is 0 Å². The molecule has 1 amide bonds. The van der Waals surface area contributed by atoms with E-state index in [1.807, 2.05) is 25.1 Å². The van der Waals surface area contributed by atoms with Crippen LogP contribution in [-0.4, -0.2) is 18.6 Å². The van der Waals surface area contributed by atoms with Crippen molar-refractivity contribution >= 4 is 5.91 Å². The molecule has 0 unspecified atom stereocenters. The zero-order valence-corrected chi connectivity index (χ0v) is 12.1. The van der Waals surface area contributed by atoms with E-state index >= 15 is 0 Å². The number of hydrogen-bond acceptors (Lipinski definition) is 3. The van der Waals surface area contributed by atoms with E-state index in [4.69, 9.17) is 15.2 Å². The number of carbonyl (C=O) groups excluding carboxylic acids is 1. The molecule has 1 aliphatic rings. The first-order valence-corrected chi connectivity index (χ1v) is 7.39. The summed E-state index contributed by atoms with van der Waals surface area (Å²) in [6.07, 6.45) is 5.97. The molecule has 20 heavy (non-hydrogen) atoms. The zero-order chi connectivity index (χ0) is 14.4. The second kappa shape index (κ2) is 7.17. The molecule has 1 aromatic rings. The molecule has 1 aromatic carbocycles. The van der Waals surface area contributed by atoms with Gasteiger partial charge < -0.3 is 15.2 Å². The van der Waals surface area contributed by atoms with Crippen LogP contribution >= 0.6 is 0 Å². The Hall–Kier alpha value is -1.71. The first-order chi connectivity index (χ1) is 9.69. The largest absolute Gasteiger partial charge is 0.490 e. The van der Waals surface area contributed by atoms with Gasteiger partial charge in [-0.15, -0.1) is 0 Å². The van der Waals surface area contributed by atoms with Crippen molar-refractivity contribution in [3.8, 4) is 11.5 Å². The lowest BCUT2D eigenvalue weighted by Gasteiger charge is -2.17. The van der Waals surface area contributed by atoms with E-state index in [2.05, 4.69) is 0 Å². The number of primary amides is 1. The zero-order valence-electron chi connectivity index (χ0n) is 12.1. The first-order valence-electron chi connectivity index (χ1n) is 7.39. The fourth-order valence-electron chi connectivity index (χ4n) is 2.53. The highest BCUT2D eigenvalue weighted by molar-refractivity contribution is 5.74. The van der Waals surface area contributed by atoms with Crippen molar-refractivity contribution in [1.29, 1.82) is 0 Å². The van der Waals surface area contributed by atoms with Gasteiger partial charge in [0.1, 0.15) is 0 Å². The second-order valence-electron chi connectivity index (χ2n) is 5.20. The monoisotopic (exact) mass is 277 g/mol. The topological polar surface area (TPSA) is 61.5 Å². The van der Waals surface area contributed by atoms with Gasteiger partial charge in [0, 0.05) is 6.42 Å². The van der Waals surface area contributed by atoms with Crippen LogP contribution in [0.2, 0.25) is 0 Å². The van der Waals surface area contributed by atoms with Crippen LogP contribution < -0.4 is 15.2 Å². The summed E-state index contributed by atoms with van der Waals surface area (Å²) in [6.45, 7) is 2.57. The minimum absolute atomic E-state index is 0.280. The number of nitrogens with two attached hydrogens (primary N) is 1. The Kier molecular flexibility index (Phi) is 5.27. The van der Waals surface area contributed by atoms with Gasteiger partial charge in [-0.25, -0.2) is 0 Å². The van der Waals surface area contributed by atoms with Crippen LogP contribution in [0, 0.1) is 0 Å². The summed E-state index contributed by atoms with van der Waals surface area (Å²) in [6, 6.07) is 5.87. The van der Waals surface area contributed by atoms with Gasteiger partial charge in [0.15, 0.2) is 11.5 Å². The quantitative estimate of drug-likeness (QED) is 0.833. The van der Waals surface area contributed by atoms with E-state index in [0.717, 1.165) is 29.9 Å². The van der Waals surface area contributed by atoms with Crippen molar-refractivity contribution in [2.24, 2.45) is 5.73 Å². The lowest BCUT2D eigenvalue weighted by Crippen LogP contribution is -2.13. The summed E-state index contributed by atoms with van der Waals surface area (Å²) in [5.41, 5.74) is 6.25. The van der Waals surface area contributed by atoms with Crippen LogP contribution in [0.5, 0.6) is 11.5 Å². The van der Waals surface area contributed by atoms with Crippen LogP contribution in [0.3, 0.4) is 0 Å². The van der Waals surface area contributed by atoms with Gasteiger partial charge in [-0.3, -0.25) is 4.79 Å². The Bertz CT molecular complexity index is 453. The normalized spacial score (nSPS) is 15.2. The number of benzene rings is 1. The molecule has 1 aliphatic carbocycles. The van der Waals surface area contributed by atoms with Gasteiger partial charge in [-0.2, -0.15) is 0 Å². The molecule has 0 atom stereocenters. The van der Waals surface area contributed by atoms with Crippen molar-refractivity contribution < 1.29 is 14.3 Å². The molecule has 0 radical (unpaired) electrons. The second-order valence-corrected chi connectivity index (χ2v) is 5.20. The Morgan fingerprint density at radius 1 is 1.30 bits per heavy atom. The molecule has 4 nitrogen and oxygen atoms in total. The van der Waals surface area contributed by atoms with Gasteiger partial charge in [0.25, 0.3) is 0 Å². The number of ether oxygens (including phenoxy) is 2. The Labute approximate surface area is 120 Å². The van der Waals surface area contributed by atoms with Crippen LogP contribution in [0.25, 0.3) is 0 Å². The summed E-state index contributed by atoms with van der Waals surface area (Å²) in [4.78, 5) is 10.9. The molecule has 1 fully saturated rings. The molecular formula is C16H23NO3. The lowest BCUT2D eigenvalue weighted by molar-refractivity contribution is -0.117. The third-order valence-electron chi connectivity index (χ3n) is 3.56. The molecule has 0 spiro atoms. The highest BCUT2D eigenvalue weighted by Crippen LogP contribution is 2.33. The molecule has 2 N–H and O–H groups in total. The number of carbonyl (C=O) groups is 1. The fraction of sp³-hybridized carbons (Fsp3) is 0.562. The predicted molar refractivity (Wildman–Crippen MR) is 78.0 cm³/mol. The minimum Gasteiger partial charge on any atom is -0.490 e. The van der Waals surface area contributed by atoms with E-state index < -0.39 is 0 Å². The average Bonchev–Trinajstić information content (AvgIpc) is 2.92. The van der Waals surface area contributed by atoms with Crippen molar-refractivity contribution in [3.05, 3.63) is 23.8 Å². The van der Waals surface area contributed by atoms with Crippen molar-refractivity contribution in [1.82, 2.24) is 0 Å². The predicted octanol–water partition coefficient (Wildman–Crippen LogP) is 2.82. The van der Waals surface area contributed by atoms with Gasteiger partial charge in [-0.1, -0.05) is 6.07 Å². The minimum atomic E-state index is -0.280. The standard InChI is InChI=1S/C16H23NO3/c1-2-19-14-9-7-12(8-10-16(17)18)11-15(14)20-13-5-3-4-6-13/h7,9,11,13H,2-6,8,10H2,1H3,(H2,17,18). The number of rotatable bonds is 7. The fourth-order valence-corrected chi connectivity index (χ4v) is 2.53. The maximum absolute atomic E-state index is 10.9. The van der Waals surface area contributed by atoms with E-state index in [9.17, 15) is 4.79 Å². The van der Waals surface area contributed by atoms with E-state index in [1.165, 1.54) is 12.8 Å². The molecule has 1 saturated carbocycles. The smallest absolute Gasteiger partial charge is 0.217 e. The number of aryl methyl sites for hydroxylation is 1. The highest BCUT2D eigenvalue weighted by atomic mass is 16.5. The molecule has 0 bridgehead atoms. The molecule has 0 heterocycles. The summed E-state index contributed by atoms with van der Waals surface area (Å²) in [7, 11) is 0. The first kappa shape index (κ1) is 14.7. The molecule has 0 aromatic heterocycles. The van der Waals surface area contributed by atoms with Gasteiger partial charge in [0.2, 0.25) is 5.91 Å². The third kappa shape index (κ3) is 4.15. The summed E-state index contributed by atoms with van der Waals surface area (Å²) in [5.74, 6) is 1.29. The third-order valence-corrected chi connectivity index (χ3v) is 3.56. The van der Waals surface area contributed by atoms with Crippen LogP contribution in [0.1, 0.15) is 44.6 Å². The summed E-state index contributed by atoms with van der Waals surface area (Å²) < 4.78 is 11.7. The molecule has 110 valence electrons. The SMILES string of the molecule is CCOc1ccc(CCC(N)=O)cc1OC1CCCC1. The Morgan fingerprint density at radius 2 is 2.05 bits per heavy atom. The van der Waals surface area contributed by atoms with Crippen LogP contribution in [0.4, 0.5) is 0 Å². The maximum atomic E-state index is 10.9. The van der Waals surface area contributed by atoms with Gasteiger partial charge in [0.05, 0.1) is 12.7 Å². The van der Waals surface area contributed by atoms with Gasteiger partial charge >= 0.3 is 0 Å². The average molecular weight is 277 g/mol. The molecular weight excluding hydrogens is 254 g/mol. The Morgan fingerprint density at radius 3 is 2.70 bits per heavy atom. The lowest BCUT2D eigenvalue weighted by atomic mass is 10.1. The van der Waals surface area contributed by atoms with Crippen molar-refractivity contribution in [3.63, 3.8) is 0 Å². The van der Waals surface area contributed by atoms with Gasteiger partial charge in [-0.05, 0) is 56.7 Å². The van der Waals surface area contributed by atoms with Crippen molar-refractivity contribution in [2.45, 2.75) is 51.6 Å².